The van der Waals surface area contributed by atoms with E-state index in [1.54, 1.807) is 24.3 Å². The Morgan fingerprint density at radius 2 is 1.72 bits per heavy atom. The third-order valence-corrected chi connectivity index (χ3v) is 4.12. The van der Waals surface area contributed by atoms with E-state index in [4.69, 9.17) is 9.47 Å². The van der Waals surface area contributed by atoms with Crippen LogP contribution in [-0.2, 0) is 0 Å². The molecule has 1 aromatic heterocycles. The summed E-state index contributed by atoms with van der Waals surface area (Å²) < 4.78 is 10.7. The zero-order chi connectivity index (χ0) is 20.4. The van der Waals surface area contributed by atoms with Crippen molar-refractivity contribution in [3.8, 4) is 22.9 Å². The molecule has 0 radical (unpaired) electrons. The number of benzene rings is 2. The minimum absolute atomic E-state index is 0.181. The molecule has 7 nitrogen and oxygen atoms in total. The van der Waals surface area contributed by atoms with E-state index < -0.39 is 0 Å². The fraction of sp³-hybridized carbons (Fsp3) is 0.227. The van der Waals surface area contributed by atoms with E-state index in [-0.39, 0.29) is 23.9 Å². The Balaban J connectivity index is 1.66. The molecule has 0 bridgehead atoms. The molecule has 0 fully saturated rings. The lowest BCUT2D eigenvalue weighted by atomic mass is 10.1. The van der Waals surface area contributed by atoms with Gasteiger partial charge in [-0.1, -0.05) is 30.3 Å². The van der Waals surface area contributed by atoms with E-state index in [0.29, 0.717) is 28.8 Å². The molecule has 0 saturated heterocycles. The van der Waals surface area contributed by atoms with Gasteiger partial charge in [0.1, 0.15) is 11.5 Å². The van der Waals surface area contributed by atoms with E-state index in [2.05, 4.69) is 20.6 Å². The number of fused-ring (bicyclic) bond motifs is 1. The van der Waals surface area contributed by atoms with Gasteiger partial charge in [-0.05, 0) is 32.9 Å². The summed E-state index contributed by atoms with van der Waals surface area (Å²) in [5.41, 5.74) is 1.49. The van der Waals surface area contributed by atoms with Gasteiger partial charge in [0.05, 0.1) is 0 Å². The van der Waals surface area contributed by atoms with Gasteiger partial charge in [0.2, 0.25) is 6.79 Å². The average Bonchev–Trinajstić information content (AvgIpc) is 3.15. The summed E-state index contributed by atoms with van der Waals surface area (Å²) in [5.74, 6) is 2.00. The molecule has 4 rings (SSSR count). The highest BCUT2D eigenvalue weighted by Crippen LogP contribution is 2.34. The van der Waals surface area contributed by atoms with E-state index in [1.807, 2.05) is 51.1 Å². The van der Waals surface area contributed by atoms with E-state index >= 15 is 0 Å². The van der Waals surface area contributed by atoms with Crippen molar-refractivity contribution in [2.24, 2.45) is 0 Å². The molecule has 1 aliphatic rings. The number of carbonyl (C=O) groups is 1. The summed E-state index contributed by atoms with van der Waals surface area (Å²) in [6, 6.07) is 16.5. The number of hydrogen-bond acceptors (Lipinski definition) is 6. The minimum atomic E-state index is -0.333. The van der Waals surface area contributed by atoms with Gasteiger partial charge in [-0.25, -0.2) is 9.97 Å². The third-order valence-electron chi connectivity index (χ3n) is 4.12. The van der Waals surface area contributed by atoms with Crippen LogP contribution in [0.4, 0.5) is 11.5 Å². The summed E-state index contributed by atoms with van der Waals surface area (Å²) in [6.07, 6.45) is 0. The fourth-order valence-corrected chi connectivity index (χ4v) is 2.90. The van der Waals surface area contributed by atoms with Crippen LogP contribution in [0, 0.1) is 0 Å². The Kier molecular flexibility index (Phi) is 4.80. The predicted octanol–water partition coefficient (Wildman–Crippen LogP) is 4.34. The first kappa shape index (κ1) is 18.7. The Morgan fingerprint density at radius 1 is 0.966 bits per heavy atom. The monoisotopic (exact) mass is 390 g/mol. The Morgan fingerprint density at radius 3 is 2.48 bits per heavy atom. The van der Waals surface area contributed by atoms with E-state index in [1.165, 1.54) is 0 Å². The molecule has 0 saturated carbocycles. The highest BCUT2D eigenvalue weighted by Gasteiger charge is 2.18. The van der Waals surface area contributed by atoms with Crippen LogP contribution in [0.25, 0.3) is 11.4 Å². The molecular weight excluding hydrogens is 368 g/mol. The Hall–Kier alpha value is -3.61. The number of rotatable bonds is 4. The number of nitrogens with one attached hydrogen (secondary N) is 2. The zero-order valence-electron chi connectivity index (χ0n) is 16.5. The molecule has 3 aromatic rings. The standard InChI is InChI=1S/C22H22N4O3/c1-22(2,3)26-19-12-16(24-20(25-19)14-7-5-4-6-8-14)21(27)23-15-9-10-17-18(11-15)29-13-28-17/h4-12H,13H2,1-3H3,(H,23,27)(H,24,25,26). The van der Waals surface area contributed by atoms with Crippen LogP contribution < -0.4 is 20.1 Å². The van der Waals surface area contributed by atoms with Crippen LogP contribution in [0.3, 0.4) is 0 Å². The first-order valence-electron chi connectivity index (χ1n) is 9.31. The predicted molar refractivity (Wildman–Crippen MR) is 111 cm³/mol. The van der Waals surface area contributed by atoms with Crippen molar-refractivity contribution >= 4 is 17.4 Å². The first-order chi connectivity index (χ1) is 13.9. The number of ether oxygens (including phenoxy) is 2. The lowest BCUT2D eigenvalue weighted by Gasteiger charge is -2.22. The van der Waals surface area contributed by atoms with Crippen molar-refractivity contribution in [2.45, 2.75) is 26.3 Å². The van der Waals surface area contributed by atoms with Crippen LogP contribution in [0.1, 0.15) is 31.3 Å². The molecule has 2 heterocycles. The lowest BCUT2D eigenvalue weighted by molar-refractivity contribution is 0.102. The molecule has 0 aliphatic carbocycles. The van der Waals surface area contributed by atoms with Crippen molar-refractivity contribution < 1.29 is 14.3 Å². The number of nitrogens with zero attached hydrogens (tertiary/aromatic N) is 2. The zero-order valence-corrected chi connectivity index (χ0v) is 16.5. The Bertz CT molecular complexity index is 1050. The maximum atomic E-state index is 12.9. The van der Waals surface area contributed by atoms with Gasteiger partial charge in [-0.3, -0.25) is 4.79 Å². The topological polar surface area (TPSA) is 85.4 Å². The summed E-state index contributed by atoms with van der Waals surface area (Å²) in [4.78, 5) is 22.0. The van der Waals surface area contributed by atoms with E-state index in [0.717, 1.165) is 5.56 Å². The Labute approximate surface area is 169 Å². The number of hydrogen-bond donors (Lipinski definition) is 2. The van der Waals surface area contributed by atoms with Crippen molar-refractivity contribution in [3.63, 3.8) is 0 Å². The minimum Gasteiger partial charge on any atom is -0.454 e. The van der Waals surface area contributed by atoms with Crippen molar-refractivity contribution in [1.82, 2.24) is 9.97 Å². The maximum Gasteiger partial charge on any atom is 0.274 e. The van der Waals surface area contributed by atoms with Gasteiger partial charge in [-0.15, -0.1) is 0 Å². The van der Waals surface area contributed by atoms with Crippen LogP contribution in [-0.4, -0.2) is 28.2 Å². The molecule has 1 amide bonds. The molecule has 148 valence electrons. The number of carbonyl (C=O) groups excluding carboxylic acids is 1. The van der Waals surface area contributed by atoms with Crippen LogP contribution in [0.2, 0.25) is 0 Å². The third kappa shape index (κ3) is 4.45. The van der Waals surface area contributed by atoms with E-state index in [9.17, 15) is 4.79 Å². The van der Waals surface area contributed by atoms with Crippen molar-refractivity contribution in [2.75, 3.05) is 17.4 Å². The fourth-order valence-electron chi connectivity index (χ4n) is 2.90. The SMILES string of the molecule is CC(C)(C)Nc1cc(C(=O)Nc2ccc3c(c2)OCO3)nc(-c2ccccc2)n1. The largest absolute Gasteiger partial charge is 0.454 e. The second kappa shape index (κ2) is 7.43. The van der Waals surface area contributed by atoms with Crippen molar-refractivity contribution in [1.29, 1.82) is 0 Å². The molecule has 2 N–H and O–H groups in total. The van der Waals surface area contributed by atoms with Crippen LogP contribution in [0.15, 0.2) is 54.6 Å². The van der Waals surface area contributed by atoms with Crippen LogP contribution in [0.5, 0.6) is 11.5 Å². The average molecular weight is 390 g/mol. The quantitative estimate of drug-likeness (QED) is 0.689. The van der Waals surface area contributed by atoms with Crippen LogP contribution >= 0.6 is 0 Å². The second-order valence-corrected chi connectivity index (χ2v) is 7.73. The van der Waals surface area contributed by atoms with Gasteiger partial charge < -0.3 is 20.1 Å². The number of aromatic nitrogens is 2. The van der Waals surface area contributed by atoms with Crippen molar-refractivity contribution in [3.05, 3.63) is 60.3 Å². The molecular formula is C22H22N4O3. The van der Waals surface area contributed by atoms with Gasteiger partial charge in [0.15, 0.2) is 17.3 Å². The molecule has 1 aliphatic heterocycles. The number of amides is 1. The highest BCUT2D eigenvalue weighted by atomic mass is 16.7. The molecule has 7 heteroatoms. The summed E-state index contributed by atoms with van der Waals surface area (Å²) in [6.45, 7) is 6.28. The first-order valence-corrected chi connectivity index (χ1v) is 9.31. The number of anilines is 2. The molecule has 2 aromatic carbocycles. The maximum absolute atomic E-state index is 12.9. The van der Waals surface area contributed by atoms with Gasteiger partial charge in [-0.2, -0.15) is 0 Å². The normalized spacial score (nSPS) is 12.5. The summed E-state index contributed by atoms with van der Waals surface area (Å²) in [5, 5.41) is 6.18. The smallest absolute Gasteiger partial charge is 0.274 e. The van der Waals surface area contributed by atoms with Gasteiger partial charge in [0.25, 0.3) is 5.91 Å². The highest BCUT2D eigenvalue weighted by molar-refractivity contribution is 6.03. The second-order valence-electron chi connectivity index (χ2n) is 7.73. The lowest BCUT2D eigenvalue weighted by Crippen LogP contribution is -2.27. The molecule has 0 spiro atoms. The molecule has 0 atom stereocenters. The molecule has 0 unspecified atom stereocenters. The summed E-state index contributed by atoms with van der Waals surface area (Å²) in [7, 11) is 0. The van der Waals surface area contributed by atoms with Gasteiger partial charge >= 0.3 is 0 Å². The van der Waals surface area contributed by atoms with Gasteiger partial charge in [0, 0.05) is 28.9 Å². The summed E-state index contributed by atoms with van der Waals surface area (Å²) >= 11 is 0. The molecule has 29 heavy (non-hydrogen) atoms.